The summed E-state index contributed by atoms with van der Waals surface area (Å²) in [6.45, 7) is 0. The van der Waals surface area contributed by atoms with Crippen LogP contribution in [0.5, 0.6) is 0 Å². The van der Waals surface area contributed by atoms with Gasteiger partial charge >= 0.3 is 23.2 Å². The molecule has 0 N–H and O–H groups in total. The Morgan fingerprint density at radius 1 is 0.906 bits per heavy atom. The van der Waals surface area contributed by atoms with Crippen LogP contribution in [0.3, 0.4) is 0 Å². The van der Waals surface area contributed by atoms with Gasteiger partial charge in [-0.25, -0.2) is 12.1 Å². The van der Waals surface area contributed by atoms with Crippen molar-refractivity contribution in [2.45, 2.75) is 12.6 Å². The van der Waals surface area contributed by atoms with E-state index < -0.39 is 11.9 Å². The van der Waals surface area contributed by atoms with Gasteiger partial charge in [-0.1, -0.05) is 42.5 Å². The summed E-state index contributed by atoms with van der Waals surface area (Å²) in [6.07, 6.45) is -4.35. The van der Waals surface area contributed by atoms with E-state index in [9.17, 15) is 13.2 Å². The fraction of sp³-hybridized carbons (Fsp3) is 0.0800. The van der Waals surface area contributed by atoms with Crippen molar-refractivity contribution in [2.75, 3.05) is 0 Å². The molecule has 0 aliphatic rings. The predicted molar refractivity (Wildman–Crippen MR) is 119 cm³/mol. The Kier molecular flexibility index (Phi) is 7.91. The van der Waals surface area contributed by atoms with Crippen LogP contribution in [-0.4, -0.2) is 9.78 Å². The summed E-state index contributed by atoms with van der Waals surface area (Å²) in [6, 6.07) is 29.9. The second kappa shape index (κ2) is 10.6. The van der Waals surface area contributed by atoms with Crippen LogP contribution in [0.4, 0.5) is 13.2 Å². The molecule has 3 aromatic carbocycles. The van der Waals surface area contributed by atoms with Gasteiger partial charge in [0, 0.05) is 10.6 Å². The zero-order valence-electron chi connectivity index (χ0n) is 16.8. The molecule has 0 atom stereocenters. The molecule has 2 heterocycles. The maximum absolute atomic E-state index is 13.8. The molecular formula is C25H19F3FeN2S. The van der Waals surface area contributed by atoms with Crippen LogP contribution < -0.4 is 0 Å². The molecule has 0 spiro atoms. The van der Waals surface area contributed by atoms with Gasteiger partial charge in [0.05, 0.1) is 0 Å². The molecule has 0 bridgehead atoms. The molecule has 0 aliphatic carbocycles. The average molecular weight is 492 g/mol. The Labute approximate surface area is 199 Å². The largest absolute Gasteiger partial charge is 2.00 e. The van der Waals surface area contributed by atoms with E-state index in [4.69, 9.17) is 0 Å². The third-order valence-corrected chi connectivity index (χ3v) is 5.55. The first-order valence-corrected chi connectivity index (χ1v) is 10.6. The monoisotopic (exact) mass is 492 g/mol. The van der Waals surface area contributed by atoms with E-state index in [2.05, 4.69) is 5.10 Å². The summed E-state index contributed by atoms with van der Waals surface area (Å²) in [7, 11) is 0. The normalized spacial score (nSPS) is 10.8. The molecule has 0 unspecified atom stereocenters. The Morgan fingerprint density at radius 3 is 2.12 bits per heavy atom. The van der Waals surface area contributed by atoms with Crippen LogP contribution in [0.25, 0.3) is 16.3 Å². The van der Waals surface area contributed by atoms with E-state index in [1.165, 1.54) is 16.0 Å². The van der Waals surface area contributed by atoms with Gasteiger partial charge in [-0.15, -0.1) is 12.1 Å². The number of hydrogen-bond acceptors (Lipinski definition) is 2. The minimum atomic E-state index is -4.52. The first-order chi connectivity index (χ1) is 15.0. The molecule has 2 aromatic heterocycles. The van der Waals surface area contributed by atoms with Crippen molar-refractivity contribution < 1.29 is 30.2 Å². The predicted octanol–water partition coefficient (Wildman–Crippen LogP) is 7.33. The van der Waals surface area contributed by atoms with Gasteiger partial charge in [0.15, 0.2) is 5.69 Å². The topological polar surface area (TPSA) is 17.8 Å². The van der Waals surface area contributed by atoms with Crippen LogP contribution >= 0.6 is 11.3 Å². The molecule has 0 saturated heterocycles. The summed E-state index contributed by atoms with van der Waals surface area (Å²) in [5.41, 5.74) is 1.32. The maximum Gasteiger partial charge on any atom is 2.00 e. The van der Waals surface area contributed by atoms with Gasteiger partial charge in [-0.05, 0) is 28.6 Å². The summed E-state index contributed by atoms with van der Waals surface area (Å²) < 4.78 is 42.7. The van der Waals surface area contributed by atoms with Crippen molar-refractivity contribution in [3.63, 3.8) is 0 Å². The molecule has 0 amide bonds. The smallest absolute Gasteiger partial charge is 0.311 e. The molecule has 164 valence electrons. The molecule has 7 heteroatoms. The second-order valence-electron chi connectivity index (χ2n) is 6.83. The van der Waals surface area contributed by atoms with Gasteiger partial charge in [-0.3, -0.25) is 0 Å². The Hall–Kier alpha value is -2.86. The quantitative estimate of drug-likeness (QED) is 0.190. The maximum atomic E-state index is 13.8. The van der Waals surface area contributed by atoms with Crippen LogP contribution in [0.1, 0.15) is 16.8 Å². The molecule has 0 radical (unpaired) electrons. The summed E-state index contributed by atoms with van der Waals surface area (Å²) >= 11 is 1.41. The summed E-state index contributed by atoms with van der Waals surface area (Å²) in [5.74, 6) is 0. The molecular weight excluding hydrogens is 473 g/mol. The number of rotatable bonds is 4. The van der Waals surface area contributed by atoms with Gasteiger partial charge < -0.3 is 4.68 Å². The summed E-state index contributed by atoms with van der Waals surface area (Å²) in [5, 5.41) is 5.83. The molecule has 0 saturated carbocycles. The van der Waals surface area contributed by atoms with Gasteiger partial charge in [-0.2, -0.15) is 59.9 Å². The van der Waals surface area contributed by atoms with E-state index in [1.54, 1.807) is 24.3 Å². The number of aromatic nitrogens is 2. The van der Waals surface area contributed by atoms with Crippen molar-refractivity contribution in [1.29, 1.82) is 0 Å². The minimum absolute atomic E-state index is 0. The summed E-state index contributed by atoms with van der Waals surface area (Å²) in [4.78, 5) is 0.764. The first kappa shape index (κ1) is 23.8. The van der Waals surface area contributed by atoms with Gasteiger partial charge in [0.2, 0.25) is 0 Å². The fourth-order valence-corrected chi connectivity index (χ4v) is 4.11. The zero-order chi connectivity index (χ0) is 21.7. The van der Waals surface area contributed by atoms with Crippen molar-refractivity contribution in [3.05, 3.63) is 119 Å². The van der Waals surface area contributed by atoms with Crippen molar-refractivity contribution in [2.24, 2.45) is 0 Å². The molecule has 32 heavy (non-hydrogen) atoms. The average Bonchev–Trinajstić information content (AvgIpc) is 3.56. The first-order valence-electron chi connectivity index (χ1n) is 9.69. The molecule has 0 aliphatic heterocycles. The van der Waals surface area contributed by atoms with Crippen LogP contribution in [0, 0.1) is 0 Å². The fourth-order valence-electron chi connectivity index (χ4n) is 3.32. The van der Waals surface area contributed by atoms with E-state index in [-0.39, 0.29) is 29.1 Å². The molecule has 5 aromatic rings. The number of hydrogen-bond donors (Lipinski definition) is 0. The van der Waals surface area contributed by atoms with E-state index in [1.807, 2.05) is 78.2 Å². The van der Waals surface area contributed by atoms with E-state index >= 15 is 0 Å². The minimum Gasteiger partial charge on any atom is -0.311 e. The van der Waals surface area contributed by atoms with Gasteiger partial charge in [0.1, 0.15) is 0 Å². The molecule has 5 rings (SSSR count). The van der Waals surface area contributed by atoms with Crippen LogP contribution in [-0.2, 0) is 29.7 Å². The number of alkyl halides is 3. The van der Waals surface area contributed by atoms with E-state index in [0.29, 0.717) is 11.4 Å². The third-order valence-electron chi connectivity index (χ3n) is 4.68. The number of thiophene rings is 1. The van der Waals surface area contributed by atoms with Gasteiger partial charge in [0.25, 0.3) is 0 Å². The molecule has 2 nitrogen and oxygen atoms in total. The Morgan fingerprint density at radius 2 is 1.59 bits per heavy atom. The number of halogens is 3. The van der Waals surface area contributed by atoms with Crippen molar-refractivity contribution >= 4 is 11.3 Å². The van der Waals surface area contributed by atoms with Crippen LogP contribution in [0.15, 0.2) is 102 Å². The SMILES string of the molecule is FC(F)(F)c1nn(-[c-]2cccc2)c(-c2cccs2)c1Cc1ccccc1.[Fe+2].c1cc[cH-]c1. The third kappa shape index (κ3) is 5.49. The zero-order valence-corrected chi connectivity index (χ0v) is 18.7. The number of nitrogens with zero attached hydrogens (tertiary/aromatic N) is 2. The van der Waals surface area contributed by atoms with Crippen molar-refractivity contribution in [3.8, 4) is 16.3 Å². The second-order valence-corrected chi connectivity index (χ2v) is 7.78. The van der Waals surface area contributed by atoms with Crippen LogP contribution in [0.2, 0.25) is 0 Å². The Bertz CT molecular complexity index is 1160. The van der Waals surface area contributed by atoms with Crippen molar-refractivity contribution in [1.82, 2.24) is 9.78 Å². The Balaban J connectivity index is 0.000000427. The van der Waals surface area contributed by atoms with E-state index in [0.717, 1.165) is 10.4 Å². The molecule has 0 fully saturated rings. The standard InChI is InChI=1S/C20H14F3N2S.C5H5.Fe/c21-20(22,23)19-16(13-14-7-2-1-3-8-14)18(17-11-6-12-26-17)25(24-19)15-9-4-5-10-15;1-2-4-5-3-1;/h1-12H,13H2;1-5H;/q2*-1;+2. The number of benzene rings is 1.